The van der Waals surface area contributed by atoms with Gasteiger partial charge in [-0.1, -0.05) is 0 Å². The molecular weight excluding hydrogens is 118 g/mol. The third kappa shape index (κ3) is 1.40. The maximum atomic E-state index is 5.54. The van der Waals surface area contributed by atoms with Crippen molar-refractivity contribution in [2.24, 2.45) is 17.2 Å². The Hall–Kier alpha value is -0.160. The predicted molar refractivity (Wildman–Crippen MR) is 34.3 cm³/mol. The topological polar surface area (TPSA) is 87.3 Å². The van der Waals surface area contributed by atoms with Gasteiger partial charge >= 0.3 is 0 Å². The SMILES string of the molecule is NC1CCCOC1(N)N. The van der Waals surface area contributed by atoms with E-state index in [1.165, 1.54) is 0 Å². The molecule has 0 spiro atoms. The van der Waals surface area contributed by atoms with E-state index in [2.05, 4.69) is 0 Å². The van der Waals surface area contributed by atoms with Gasteiger partial charge in [0.05, 0.1) is 12.6 Å². The molecule has 1 fully saturated rings. The minimum absolute atomic E-state index is 0.216. The second-order valence-electron chi connectivity index (χ2n) is 2.45. The van der Waals surface area contributed by atoms with Gasteiger partial charge in [-0.15, -0.1) is 0 Å². The fourth-order valence-electron chi connectivity index (χ4n) is 0.885. The fraction of sp³-hybridized carbons (Fsp3) is 1.00. The molecule has 4 heteroatoms. The first-order valence-electron chi connectivity index (χ1n) is 3.10. The highest BCUT2D eigenvalue weighted by atomic mass is 16.5. The van der Waals surface area contributed by atoms with Crippen molar-refractivity contribution < 1.29 is 4.74 Å². The van der Waals surface area contributed by atoms with Crippen molar-refractivity contribution in [3.05, 3.63) is 0 Å². The van der Waals surface area contributed by atoms with Gasteiger partial charge in [-0.2, -0.15) is 0 Å². The highest BCUT2D eigenvalue weighted by Crippen LogP contribution is 2.12. The molecule has 1 atom stereocenters. The predicted octanol–water partition coefficient (Wildman–Crippen LogP) is -1.30. The van der Waals surface area contributed by atoms with Crippen molar-refractivity contribution in [3.8, 4) is 0 Å². The lowest BCUT2D eigenvalue weighted by Crippen LogP contribution is -2.66. The van der Waals surface area contributed by atoms with Crippen molar-refractivity contribution in [3.63, 3.8) is 0 Å². The fourth-order valence-corrected chi connectivity index (χ4v) is 0.885. The second kappa shape index (κ2) is 2.22. The molecule has 1 saturated heterocycles. The molecule has 6 N–H and O–H groups in total. The Labute approximate surface area is 54.3 Å². The zero-order chi connectivity index (χ0) is 6.91. The average Bonchev–Trinajstić information content (AvgIpc) is 1.77. The molecule has 0 aliphatic carbocycles. The van der Waals surface area contributed by atoms with Crippen LogP contribution in [-0.2, 0) is 4.74 Å². The Morgan fingerprint density at radius 2 is 2.11 bits per heavy atom. The number of nitrogens with two attached hydrogens (primary N) is 3. The molecule has 54 valence electrons. The van der Waals surface area contributed by atoms with Gasteiger partial charge in [0, 0.05) is 0 Å². The van der Waals surface area contributed by atoms with Crippen LogP contribution < -0.4 is 17.2 Å². The zero-order valence-electron chi connectivity index (χ0n) is 5.34. The maximum absolute atomic E-state index is 5.54. The number of hydrogen-bond acceptors (Lipinski definition) is 4. The van der Waals surface area contributed by atoms with E-state index in [9.17, 15) is 0 Å². The molecule has 9 heavy (non-hydrogen) atoms. The molecule has 1 rings (SSSR count). The van der Waals surface area contributed by atoms with Gasteiger partial charge < -0.3 is 10.5 Å². The summed E-state index contributed by atoms with van der Waals surface area (Å²) >= 11 is 0. The van der Waals surface area contributed by atoms with E-state index in [-0.39, 0.29) is 6.04 Å². The summed E-state index contributed by atoms with van der Waals surface area (Å²) in [5.74, 6) is -1.09. The molecule has 1 heterocycles. The molecule has 0 bridgehead atoms. The van der Waals surface area contributed by atoms with Crippen LogP contribution in [0.5, 0.6) is 0 Å². The molecule has 1 aliphatic heterocycles. The number of ether oxygens (including phenoxy) is 1. The minimum Gasteiger partial charge on any atom is -0.346 e. The summed E-state index contributed by atoms with van der Waals surface area (Å²) in [5, 5.41) is 0. The normalized spacial score (nSPS) is 34.3. The summed E-state index contributed by atoms with van der Waals surface area (Å²) in [6, 6.07) is -0.216. The highest BCUT2D eigenvalue weighted by molar-refractivity contribution is 4.82. The van der Waals surface area contributed by atoms with Gasteiger partial charge in [0.25, 0.3) is 0 Å². The highest BCUT2D eigenvalue weighted by Gasteiger charge is 2.31. The first-order chi connectivity index (χ1) is 4.13. The smallest absolute Gasteiger partial charge is 0.185 e. The summed E-state index contributed by atoms with van der Waals surface area (Å²) in [6.07, 6.45) is 1.81. The van der Waals surface area contributed by atoms with Crippen LogP contribution in [0.3, 0.4) is 0 Å². The summed E-state index contributed by atoms with van der Waals surface area (Å²) in [7, 11) is 0. The van der Waals surface area contributed by atoms with Crippen LogP contribution >= 0.6 is 0 Å². The molecule has 0 aromatic heterocycles. The van der Waals surface area contributed by atoms with Crippen molar-refractivity contribution in [2.45, 2.75) is 24.7 Å². The molecule has 0 radical (unpaired) electrons. The van der Waals surface area contributed by atoms with Crippen molar-refractivity contribution in [2.75, 3.05) is 6.61 Å². The van der Waals surface area contributed by atoms with Crippen LogP contribution in [-0.4, -0.2) is 18.5 Å². The van der Waals surface area contributed by atoms with Crippen molar-refractivity contribution >= 4 is 0 Å². The standard InChI is InChI=1S/C5H13N3O/c6-4-2-1-3-9-5(4,7)8/h4H,1-3,6-8H2. The van der Waals surface area contributed by atoms with Crippen molar-refractivity contribution in [1.82, 2.24) is 0 Å². The van der Waals surface area contributed by atoms with Gasteiger partial charge in [0.15, 0.2) is 5.85 Å². The third-order valence-corrected chi connectivity index (χ3v) is 1.59. The Morgan fingerprint density at radius 1 is 1.44 bits per heavy atom. The molecule has 0 amide bonds. The van der Waals surface area contributed by atoms with Crippen LogP contribution in [0.2, 0.25) is 0 Å². The van der Waals surface area contributed by atoms with Crippen LogP contribution in [0, 0.1) is 0 Å². The molecule has 0 aromatic rings. The van der Waals surface area contributed by atoms with E-state index < -0.39 is 5.85 Å². The van der Waals surface area contributed by atoms with E-state index in [4.69, 9.17) is 21.9 Å². The summed E-state index contributed by atoms with van der Waals surface area (Å²) < 4.78 is 5.01. The lowest BCUT2D eigenvalue weighted by molar-refractivity contribution is -0.0833. The number of rotatable bonds is 0. The summed E-state index contributed by atoms with van der Waals surface area (Å²) in [4.78, 5) is 0. The van der Waals surface area contributed by atoms with Gasteiger partial charge in [0.2, 0.25) is 0 Å². The Balaban J connectivity index is 2.49. The average molecular weight is 131 g/mol. The third-order valence-electron chi connectivity index (χ3n) is 1.59. The molecule has 0 saturated carbocycles. The summed E-state index contributed by atoms with van der Waals surface area (Å²) in [6.45, 7) is 0.626. The minimum atomic E-state index is -1.09. The van der Waals surface area contributed by atoms with Gasteiger partial charge in [0.1, 0.15) is 0 Å². The second-order valence-corrected chi connectivity index (χ2v) is 2.45. The largest absolute Gasteiger partial charge is 0.346 e. The van der Waals surface area contributed by atoms with Gasteiger partial charge in [-0.3, -0.25) is 11.5 Å². The van der Waals surface area contributed by atoms with E-state index >= 15 is 0 Å². The molecular formula is C5H13N3O. The Morgan fingerprint density at radius 3 is 2.44 bits per heavy atom. The zero-order valence-corrected chi connectivity index (χ0v) is 5.34. The number of hydrogen-bond donors (Lipinski definition) is 3. The lowest BCUT2D eigenvalue weighted by atomic mass is 10.1. The van der Waals surface area contributed by atoms with E-state index in [0.29, 0.717) is 6.61 Å². The lowest BCUT2D eigenvalue weighted by Gasteiger charge is -2.34. The molecule has 1 unspecified atom stereocenters. The van der Waals surface area contributed by atoms with Crippen LogP contribution in [0.1, 0.15) is 12.8 Å². The van der Waals surface area contributed by atoms with Crippen LogP contribution in [0.25, 0.3) is 0 Å². The van der Waals surface area contributed by atoms with E-state index in [1.807, 2.05) is 0 Å². The molecule has 1 aliphatic rings. The van der Waals surface area contributed by atoms with Crippen LogP contribution in [0.15, 0.2) is 0 Å². The van der Waals surface area contributed by atoms with Gasteiger partial charge in [-0.05, 0) is 12.8 Å². The first-order valence-corrected chi connectivity index (χ1v) is 3.10. The summed E-state index contributed by atoms with van der Waals surface area (Å²) in [5.41, 5.74) is 16.4. The van der Waals surface area contributed by atoms with E-state index in [1.54, 1.807) is 0 Å². The van der Waals surface area contributed by atoms with Crippen LogP contribution in [0.4, 0.5) is 0 Å². The Kier molecular flexibility index (Phi) is 1.72. The quantitative estimate of drug-likeness (QED) is 0.356. The van der Waals surface area contributed by atoms with E-state index in [0.717, 1.165) is 12.8 Å². The monoisotopic (exact) mass is 131 g/mol. The molecule has 4 nitrogen and oxygen atoms in total. The first kappa shape index (κ1) is 6.95. The van der Waals surface area contributed by atoms with Crippen molar-refractivity contribution in [1.29, 1.82) is 0 Å². The maximum Gasteiger partial charge on any atom is 0.185 e. The van der Waals surface area contributed by atoms with Gasteiger partial charge in [-0.25, -0.2) is 0 Å². The molecule has 0 aromatic carbocycles. The Bertz CT molecular complexity index is 104.